The van der Waals surface area contributed by atoms with Crippen LogP contribution in [-0.4, -0.2) is 45.1 Å². The Hall–Kier alpha value is -3.01. The number of halogens is 2. The van der Waals surface area contributed by atoms with Crippen LogP contribution < -0.4 is 11.1 Å². The first kappa shape index (κ1) is 17.4. The number of carbonyl (C=O) groups is 2. The van der Waals surface area contributed by atoms with Gasteiger partial charge < -0.3 is 20.6 Å². The van der Waals surface area contributed by atoms with Crippen molar-refractivity contribution in [2.24, 2.45) is 0 Å². The Morgan fingerprint density at radius 3 is 2.96 bits per heavy atom. The first-order chi connectivity index (χ1) is 12.8. The number of benzene rings is 1. The van der Waals surface area contributed by atoms with Gasteiger partial charge in [0.1, 0.15) is 5.56 Å². The molecule has 2 aromatic rings. The topological polar surface area (TPSA) is 123 Å². The van der Waals surface area contributed by atoms with Crippen molar-refractivity contribution in [2.75, 3.05) is 24.1 Å². The Labute approximate surface area is 157 Å². The Morgan fingerprint density at radius 2 is 2.26 bits per heavy atom. The summed E-state index contributed by atoms with van der Waals surface area (Å²) in [5.41, 5.74) is 4.65. The van der Waals surface area contributed by atoms with Crippen LogP contribution >= 0.6 is 11.6 Å². The number of anilines is 2. The SMILES string of the molecule is Nc1c(C(=O)N2CCC[C@@]3(C2)OC(=O)Nc2ccc(Cl)c(F)c23)cnn1O. The van der Waals surface area contributed by atoms with Gasteiger partial charge in [0.15, 0.2) is 17.2 Å². The number of fused-ring (bicyclic) bond motifs is 2. The van der Waals surface area contributed by atoms with Crippen molar-refractivity contribution >= 4 is 35.1 Å². The van der Waals surface area contributed by atoms with Gasteiger partial charge in [-0.2, -0.15) is 0 Å². The van der Waals surface area contributed by atoms with Crippen molar-refractivity contribution < 1.29 is 23.9 Å². The van der Waals surface area contributed by atoms with Crippen LogP contribution in [-0.2, 0) is 10.3 Å². The molecule has 1 saturated heterocycles. The van der Waals surface area contributed by atoms with Gasteiger partial charge in [-0.05, 0) is 25.0 Å². The highest BCUT2D eigenvalue weighted by atomic mass is 35.5. The summed E-state index contributed by atoms with van der Waals surface area (Å²) in [5, 5.41) is 15.3. The normalized spacial score (nSPS) is 21.6. The second kappa shape index (κ2) is 6.02. The molecule has 1 aromatic heterocycles. The Morgan fingerprint density at radius 1 is 1.48 bits per heavy atom. The summed E-state index contributed by atoms with van der Waals surface area (Å²) >= 11 is 5.92. The molecule has 3 heterocycles. The molecule has 0 bridgehead atoms. The van der Waals surface area contributed by atoms with Crippen molar-refractivity contribution in [3.63, 3.8) is 0 Å². The minimum Gasteiger partial charge on any atom is -0.436 e. The van der Waals surface area contributed by atoms with Crippen LogP contribution in [0.15, 0.2) is 18.3 Å². The smallest absolute Gasteiger partial charge is 0.412 e. The molecule has 1 atom stereocenters. The van der Waals surface area contributed by atoms with E-state index in [1.807, 2.05) is 0 Å². The van der Waals surface area contributed by atoms with E-state index in [2.05, 4.69) is 10.4 Å². The molecule has 2 amide bonds. The standard InChI is InChI=1S/C16H15ClFN5O4/c17-9-2-3-10-11(12(9)18)16(27-15(25)21-10)4-1-5-22(7-16)14(24)8-6-20-23(26)13(8)19/h2-3,6,26H,1,4-5,7,19H2,(H,21,25)/t16-/m0/s1. The molecule has 1 aromatic carbocycles. The van der Waals surface area contributed by atoms with Gasteiger partial charge >= 0.3 is 6.09 Å². The van der Waals surface area contributed by atoms with Crippen molar-refractivity contribution in [1.82, 2.24) is 14.8 Å². The molecular weight excluding hydrogens is 381 g/mol. The average molecular weight is 396 g/mol. The summed E-state index contributed by atoms with van der Waals surface area (Å²) in [6, 6.07) is 2.84. The van der Waals surface area contributed by atoms with E-state index in [-0.39, 0.29) is 34.2 Å². The number of nitrogens with two attached hydrogens (primary N) is 1. The summed E-state index contributed by atoms with van der Waals surface area (Å²) < 4.78 is 20.3. The summed E-state index contributed by atoms with van der Waals surface area (Å²) in [7, 11) is 0. The lowest BCUT2D eigenvalue weighted by Crippen LogP contribution is -2.53. The third-order valence-corrected chi connectivity index (χ3v) is 5.13. The lowest BCUT2D eigenvalue weighted by molar-refractivity contribution is -0.0418. The lowest BCUT2D eigenvalue weighted by Gasteiger charge is -2.45. The molecular formula is C16H15ClFN5O4. The van der Waals surface area contributed by atoms with Crippen LogP contribution in [0.3, 0.4) is 0 Å². The highest BCUT2D eigenvalue weighted by Gasteiger charge is 2.48. The molecule has 2 aliphatic rings. The molecule has 1 spiro atoms. The predicted molar refractivity (Wildman–Crippen MR) is 92.2 cm³/mol. The van der Waals surface area contributed by atoms with E-state index in [0.29, 0.717) is 24.2 Å². The van der Waals surface area contributed by atoms with Crippen LogP contribution in [0.25, 0.3) is 0 Å². The number of nitrogens with one attached hydrogen (secondary N) is 1. The van der Waals surface area contributed by atoms with E-state index >= 15 is 0 Å². The van der Waals surface area contributed by atoms with Gasteiger partial charge in [-0.1, -0.05) is 16.4 Å². The molecule has 9 nitrogen and oxygen atoms in total. The van der Waals surface area contributed by atoms with Gasteiger partial charge in [-0.15, -0.1) is 5.10 Å². The number of amides is 2. The zero-order valence-corrected chi connectivity index (χ0v) is 14.7. The minimum atomic E-state index is -1.37. The highest BCUT2D eigenvalue weighted by Crippen LogP contribution is 2.45. The summed E-state index contributed by atoms with van der Waals surface area (Å²) in [5.74, 6) is -1.42. The fourth-order valence-corrected chi connectivity index (χ4v) is 3.79. The number of hydrogen-bond acceptors (Lipinski definition) is 6. The lowest BCUT2D eigenvalue weighted by atomic mass is 9.83. The molecule has 0 saturated carbocycles. The number of aromatic nitrogens is 2. The molecule has 11 heteroatoms. The van der Waals surface area contributed by atoms with Crippen molar-refractivity contribution in [3.8, 4) is 0 Å². The number of carbonyl (C=O) groups excluding carboxylic acids is 2. The van der Waals surface area contributed by atoms with Gasteiger partial charge in [-0.3, -0.25) is 10.1 Å². The van der Waals surface area contributed by atoms with Crippen molar-refractivity contribution in [3.05, 3.63) is 40.3 Å². The maximum absolute atomic E-state index is 14.8. The van der Waals surface area contributed by atoms with E-state index in [9.17, 15) is 19.2 Å². The zero-order valence-electron chi connectivity index (χ0n) is 13.9. The molecule has 2 aliphatic heterocycles. The number of ether oxygens (including phenoxy) is 1. The molecule has 4 N–H and O–H groups in total. The summed E-state index contributed by atoms with van der Waals surface area (Å²) in [4.78, 5) is 26.6. The number of likely N-dealkylation sites (tertiary alicyclic amines) is 1. The largest absolute Gasteiger partial charge is 0.436 e. The average Bonchev–Trinajstić information content (AvgIpc) is 2.96. The molecule has 1 fully saturated rings. The van der Waals surface area contributed by atoms with Crippen molar-refractivity contribution in [2.45, 2.75) is 18.4 Å². The summed E-state index contributed by atoms with van der Waals surface area (Å²) in [6.45, 7) is 0.263. The predicted octanol–water partition coefficient (Wildman–Crippen LogP) is 2.19. The fraction of sp³-hybridized carbons (Fsp3) is 0.312. The van der Waals surface area contributed by atoms with E-state index in [1.165, 1.54) is 17.0 Å². The Bertz CT molecular complexity index is 965. The molecule has 0 radical (unpaired) electrons. The molecule has 142 valence electrons. The Balaban J connectivity index is 1.74. The summed E-state index contributed by atoms with van der Waals surface area (Å²) in [6.07, 6.45) is 1.18. The zero-order chi connectivity index (χ0) is 19.3. The first-order valence-electron chi connectivity index (χ1n) is 8.13. The van der Waals surface area contributed by atoms with Gasteiger partial charge in [0.25, 0.3) is 5.91 Å². The van der Waals surface area contributed by atoms with Crippen LogP contribution in [0, 0.1) is 5.82 Å². The molecule has 0 aliphatic carbocycles. The van der Waals surface area contributed by atoms with Crippen LogP contribution in [0.4, 0.5) is 20.7 Å². The number of piperidine rings is 1. The van der Waals surface area contributed by atoms with E-state index in [0.717, 1.165) is 6.20 Å². The van der Waals surface area contributed by atoms with E-state index < -0.39 is 23.4 Å². The number of hydrogen-bond donors (Lipinski definition) is 3. The Kier molecular flexibility index (Phi) is 3.88. The van der Waals surface area contributed by atoms with Crippen LogP contribution in [0.2, 0.25) is 5.02 Å². The first-order valence-corrected chi connectivity index (χ1v) is 8.51. The van der Waals surface area contributed by atoms with Gasteiger partial charge in [0.2, 0.25) is 0 Å². The van der Waals surface area contributed by atoms with Gasteiger partial charge in [0.05, 0.1) is 29.0 Å². The van der Waals surface area contributed by atoms with Crippen molar-refractivity contribution in [1.29, 1.82) is 0 Å². The minimum absolute atomic E-state index is 0.00148. The van der Waals surface area contributed by atoms with Crippen LogP contribution in [0.1, 0.15) is 28.8 Å². The monoisotopic (exact) mass is 395 g/mol. The number of rotatable bonds is 1. The van der Waals surface area contributed by atoms with Gasteiger partial charge in [0, 0.05) is 6.54 Å². The fourth-order valence-electron chi connectivity index (χ4n) is 3.63. The molecule has 4 rings (SSSR count). The number of nitrogens with zero attached hydrogens (tertiary/aromatic N) is 3. The third kappa shape index (κ3) is 2.64. The highest BCUT2D eigenvalue weighted by molar-refractivity contribution is 6.31. The van der Waals surface area contributed by atoms with E-state index in [1.54, 1.807) is 0 Å². The second-order valence-corrected chi connectivity index (χ2v) is 6.86. The van der Waals surface area contributed by atoms with Gasteiger partial charge in [-0.25, -0.2) is 9.18 Å². The molecule has 27 heavy (non-hydrogen) atoms. The number of nitrogen functional groups attached to an aromatic ring is 1. The quantitative estimate of drug-likeness (QED) is 0.636. The maximum atomic E-state index is 14.8. The van der Waals surface area contributed by atoms with E-state index in [4.69, 9.17) is 22.1 Å². The maximum Gasteiger partial charge on any atom is 0.412 e. The third-order valence-electron chi connectivity index (χ3n) is 4.84. The van der Waals surface area contributed by atoms with Crippen LogP contribution in [0.5, 0.6) is 0 Å². The second-order valence-electron chi connectivity index (χ2n) is 6.46. The molecule has 0 unspecified atom stereocenters.